The lowest BCUT2D eigenvalue weighted by Crippen LogP contribution is -2.24. The molecule has 0 radical (unpaired) electrons. The number of benzene rings is 1. The quantitative estimate of drug-likeness (QED) is 0.664. The minimum absolute atomic E-state index is 0.258. The van der Waals surface area contributed by atoms with Gasteiger partial charge in [-0.25, -0.2) is 9.97 Å². The molecule has 0 saturated heterocycles. The fourth-order valence-corrected chi connectivity index (χ4v) is 2.34. The summed E-state index contributed by atoms with van der Waals surface area (Å²) in [7, 11) is 3.14. The zero-order valence-corrected chi connectivity index (χ0v) is 15.0. The van der Waals surface area contributed by atoms with Crippen molar-refractivity contribution in [2.45, 2.75) is 6.54 Å². The van der Waals surface area contributed by atoms with Crippen molar-refractivity contribution in [1.29, 1.82) is 0 Å². The van der Waals surface area contributed by atoms with Gasteiger partial charge in [-0.15, -0.1) is 0 Å². The normalized spacial score (nSPS) is 10.1. The summed E-state index contributed by atoms with van der Waals surface area (Å²) in [5.74, 6) is 1.24. The van der Waals surface area contributed by atoms with Gasteiger partial charge in [-0.2, -0.15) is 0 Å². The number of nitrogens with zero attached hydrogens (tertiary/aromatic N) is 3. The van der Waals surface area contributed by atoms with Crippen molar-refractivity contribution in [3.8, 4) is 11.5 Å². The number of anilines is 2. The van der Waals surface area contributed by atoms with Gasteiger partial charge in [0, 0.05) is 31.2 Å². The zero-order valence-electron chi connectivity index (χ0n) is 15.0. The fourth-order valence-electron chi connectivity index (χ4n) is 2.34. The Hall–Kier alpha value is -3.68. The lowest BCUT2D eigenvalue weighted by molar-refractivity contribution is 0.0946. The minimum Gasteiger partial charge on any atom is -0.497 e. The van der Waals surface area contributed by atoms with Gasteiger partial charge in [0.1, 0.15) is 17.2 Å². The van der Waals surface area contributed by atoms with Crippen LogP contribution in [-0.2, 0) is 6.54 Å². The molecular weight excluding hydrogens is 346 g/mol. The van der Waals surface area contributed by atoms with Crippen molar-refractivity contribution in [2.24, 2.45) is 0 Å². The van der Waals surface area contributed by atoms with Crippen molar-refractivity contribution in [3.63, 3.8) is 0 Å². The number of hydrogen-bond acceptors (Lipinski definition) is 7. The van der Waals surface area contributed by atoms with Crippen LogP contribution in [0.25, 0.3) is 0 Å². The maximum absolute atomic E-state index is 12.3. The smallest absolute Gasteiger partial charge is 0.270 e. The van der Waals surface area contributed by atoms with Gasteiger partial charge >= 0.3 is 0 Å². The van der Waals surface area contributed by atoms with E-state index < -0.39 is 0 Å². The number of rotatable bonds is 7. The Kier molecular flexibility index (Phi) is 5.78. The third-order valence-electron chi connectivity index (χ3n) is 3.75. The predicted octanol–water partition coefficient (Wildman–Crippen LogP) is 2.56. The van der Waals surface area contributed by atoms with E-state index in [1.54, 1.807) is 50.9 Å². The van der Waals surface area contributed by atoms with Crippen LogP contribution in [-0.4, -0.2) is 35.1 Å². The van der Waals surface area contributed by atoms with Gasteiger partial charge in [0.25, 0.3) is 5.91 Å². The highest BCUT2D eigenvalue weighted by molar-refractivity contribution is 5.92. The van der Waals surface area contributed by atoms with Crippen LogP contribution in [0.4, 0.5) is 11.6 Å². The summed E-state index contributed by atoms with van der Waals surface area (Å²) in [4.78, 5) is 24.7. The Morgan fingerprint density at radius 3 is 2.59 bits per heavy atom. The molecule has 3 aromatic rings. The number of methoxy groups -OCH3 is 2. The van der Waals surface area contributed by atoms with Gasteiger partial charge in [0.2, 0.25) is 5.95 Å². The summed E-state index contributed by atoms with van der Waals surface area (Å²) < 4.78 is 10.5. The van der Waals surface area contributed by atoms with Gasteiger partial charge in [-0.05, 0) is 35.9 Å². The fraction of sp³-hybridized carbons (Fsp3) is 0.158. The minimum atomic E-state index is -0.293. The highest BCUT2D eigenvalue weighted by atomic mass is 16.5. The zero-order chi connectivity index (χ0) is 19.1. The van der Waals surface area contributed by atoms with Gasteiger partial charge in [0.05, 0.1) is 19.9 Å². The van der Waals surface area contributed by atoms with Gasteiger partial charge in [-0.1, -0.05) is 0 Å². The molecule has 0 saturated carbocycles. The second kappa shape index (κ2) is 8.61. The second-order valence-corrected chi connectivity index (χ2v) is 5.49. The van der Waals surface area contributed by atoms with Crippen LogP contribution in [0.3, 0.4) is 0 Å². The molecule has 8 nitrogen and oxygen atoms in total. The highest BCUT2D eigenvalue weighted by Crippen LogP contribution is 2.30. The van der Waals surface area contributed by atoms with E-state index >= 15 is 0 Å². The van der Waals surface area contributed by atoms with Crippen LogP contribution in [0.2, 0.25) is 0 Å². The number of amides is 1. The van der Waals surface area contributed by atoms with Crippen LogP contribution in [0.5, 0.6) is 11.5 Å². The summed E-state index contributed by atoms with van der Waals surface area (Å²) in [6.07, 6.45) is 4.87. The number of carbonyl (C=O) groups excluding carboxylic acids is 1. The SMILES string of the molecule is COc1ccc(Nc2nccc(C(=O)NCc3ccncc3)n2)c(OC)c1. The molecular formula is C19H19N5O3. The summed E-state index contributed by atoms with van der Waals surface area (Å²) in [5.41, 5.74) is 1.87. The van der Waals surface area contributed by atoms with Crippen LogP contribution in [0, 0.1) is 0 Å². The number of pyridine rings is 1. The molecule has 3 rings (SSSR count). The average molecular weight is 365 g/mol. The summed E-state index contributed by atoms with van der Waals surface area (Å²) >= 11 is 0. The number of nitrogens with one attached hydrogen (secondary N) is 2. The van der Waals surface area contributed by atoms with E-state index in [4.69, 9.17) is 9.47 Å². The van der Waals surface area contributed by atoms with E-state index in [-0.39, 0.29) is 17.5 Å². The molecule has 2 aromatic heterocycles. The summed E-state index contributed by atoms with van der Waals surface area (Å²) in [6.45, 7) is 0.389. The molecule has 2 heterocycles. The van der Waals surface area contributed by atoms with E-state index in [1.807, 2.05) is 12.1 Å². The molecule has 0 unspecified atom stereocenters. The van der Waals surface area contributed by atoms with Gasteiger partial charge in [0.15, 0.2) is 0 Å². The van der Waals surface area contributed by atoms with Crippen molar-refractivity contribution in [3.05, 3.63) is 66.2 Å². The first-order valence-corrected chi connectivity index (χ1v) is 8.19. The van der Waals surface area contributed by atoms with Crippen molar-refractivity contribution >= 4 is 17.5 Å². The molecule has 0 aliphatic rings. The van der Waals surface area contributed by atoms with E-state index in [1.165, 1.54) is 6.20 Å². The first-order chi connectivity index (χ1) is 13.2. The average Bonchev–Trinajstić information content (AvgIpc) is 2.73. The van der Waals surface area contributed by atoms with Crippen LogP contribution < -0.4 is 20.1 Å². The maximum Gasteiger partial charge on any atom is 0.270 e. The number of aromatic nitrogens is 3. The number of carbonyl (C=O) groups is 1. The topological polar surface area (TPSA) is 98.3 Å². The number of ether oxygens (including phenoxy) is 2. The van der Waals surface area contributed by atoms with Gasteiger partial charge < -0.3 is 20.1 Å². The van der Waals surface area contributed by atoms with Crippen LogP contribution in [0.15, 0.2) is 55.0 Å². The Morgan fingerprint density at radius 1 is 1.04 bits per heavy atom. The standard InChI is InChI=1S/C19H19N5O3/c1-26-14-3-4-15(17(11-14)27-2)23-19-21-10-7-16(24-19)18(25)22-12-13-5-8-20-9-6-13/h3-11H,12H2,1-2H3,(H,22,25)(H,21,23,24). The first kappa shape index (κ1) is 18.1. The summed E-state index contributed by atoms with van der Waals surface area (Å²) in [6, 6.07) is 10.5. The van der Waals surface area contributed by atoms with Gasteiger partial charge in [-0.3, -0.25) is 9.78 Å². The molecule has 8 heteroatoms. The Bertz CT molecular complexity index is 918. The largest absolute Gasteiger partial charge is 0.497 e. The van der Waals surface area contributed by atoms with E-state index in [9.17, 15) is 4.79 Å². The second-order valence-electron chi connectivity index (χ2n) is 5.49. The maximum atomic E-state index is 12.3. The van der Waals surface area contributed by atoms with E-state index in [0.29, 0.717) is 23.7 Å². The van der Waals surface area contributed by atoms with E-state index in [2.05, 4.69) is 25.6 Å². The van der Waals surface area contributed by atoms with Crippen molar-refractivity contribution in [1.82, 2.24) is 20.3 Å². The molecule has 0 atom stereocenters. The Morgan fingerprint density at radius 2 is 1.85 bits per heavy atom. The molecule has 0 spiro atoms. The highest BCUT2D eigenvalue weighted by Gasteiger charge is 2.11. The van der Waals surface area contributed by atoms with Crippen molar-refractivity contribution in [2.75, 3.05) is 19.5 Å². The number of hydrogen-bond donors (Lipinski definition) is 2. The molecule has 1 aromatic carbocycles. The Labute approximate surface area is 156 Å². The summed E-state index contributed by atoms with van der Waals surface area (Å²) in [5, 5.41) is 5.87. The molecule has 0 aliphatic heterocycles. The molecule has 1 amide bonds. The molecule has 2 N–H and O–H groups in total. The third-order valence-corrected chi connectivity index (χ3v) is 3.75. The molecule has 138 valence electrons. The van der Waals surface area contributed by atoms with Crippen molar-refractivity contribution < 1.29 is 14.3 Å². The third kappa shape index (κ3) is 4.69. The molecule has 0 aliphatic carbocycles. The predicted molar refractivity (Wildman–Crippen MR) is 100 cm³/mol. The Balaban J connectivity index is 1.71. The van der Waals surface area contributed by atoms with Crippen LogP contribution in [0.1, 0.15) is 16.1 Å². The molecule has 0 bridgehead atoms. The van der Waals surface area contributed by atoms with Crippen LogP contribution >= 0.6 is 0 Å². The monoisotopic (exact) mass is 365 g/mol. The lowest BCUT2D eigenvalue weighted by atomic mass is 10.2. The van der Waals surface area contributed by atoms with E-state index in [0.717, 1.165) is 5.56 Å². The molecule has 0 fully saturated rings. The lowest BCUT2D eigenvalue weighted by Gasteiger charge is -2.12. The molecule has 27 heavy (non-hydrogen) atoms. The first-order valence-electron chi connectivity index (χ1n) is 8.19.